The van der Waals surface area contributed by atoms with E-state index >= 15 is 0 Å². The fourth-order valence-corrected chi connectivity index (χ4v) is 2.51. The van der Waals surface area contributed by atoms with Gasteiger partial charge < -0.3 is 10.1 Å². The molecule has 3 rings (SSSR count). The van der Waals surface area contributed by atoms with Gasteiger partial charge in [-0.1, -0.05) is 46.6 Å². The van der Waals surface area contributed by atoms with Gasteiger partial charge >= 0.3 is 0 Å². The zero-order chi connectivity index (χ0) is 17.8. The van der Waals surface area contributed by atoms with Crippen LogP contribution >= 0.6 is 23.2 Å². The number of nitrogens with zero attached hydrogens (tertiary/aromatic N) is 3. The molecule has 1 aromatic heterocycles. The molecule has 0 aliphatic rings. The van der Waals surface area contributed by atoms with Crippen LogP contribution in [0.5, 0.6) is 5.75 Å². The molecule has 0 saturated carbocycles. The van der Waals surface area contributed by atoms with Gasteiger partial charge in [0.25, 0.3) is 5.91 Å². The quantitative estimate of drug-likeness (QED) is 0.730. The van der Waals surface area contributed by atoms with Crippen molar-refractivity contribution >= 4 is 34.8 Å². The predicted molar refractivity (Wildman–Crippen MR) is 96.5 cm³/mol. The highest BCUT2D eigenvalue weighted by molar-refractivity contribution is 6.42. The highest BCUT2D eigenvalue weighted by atomic mass is 35.5. The summed E-state index contributed by atoms with van der Waals surface area (Å²) in [5.41, 5.74) is 1.28. The molecule has 2 aromatic carbocycles. The van der Waals surface area contributed by atoms with Crippen LogP contribution in [0.25, 0.3) is 5.69 Å². The molecule has 1 N–H and O–H groups in total. The van der Waals surface area contributed by atoms with Crippen molar-refractivity contribution in [2.45, 2.75) is 13.0 Å². The van der Waals surface area contributed by atoms with E-state index in [4.69, 9.17) is 27.9 Å². The molecule has 6 nitrogen and oxygen atoms in total. The standard InChI is InChI=1S/C17H14Cl2N4O2/c1-11(25-15-8-4-5-12(18)16(15)19)17(24)21-13-6-2-3-7-14(13)23-10-9-20-22-23/h2-11H,1H3,(H,21,24). The first kappa shape index (κ1) is 17.3. The van der Waals surface area contributed by atoms with Gasteiger partial charge in [0.2, 0.25) is 0 Å². The van der Waals surface area contributed by atoms with E-state index in [1.807, 2.05) is 18.2 Å². The Morgan fingerprint density at radius 2 is 2.00 bits per heavy atom. The monoisotopic (exact) mass is 376 g/mol. The number of para-hydroxylation sites is 2. The molecule has 3 aromatic rings. The number of halogens is 2. The second-order valence-electron chi connectivity index (χ2n) is 5.17. The van der Waals surface area contributed by atoms with Crippen LogP contribution < -0.4 is 10.1 Å². The lowest BCUT2D eigenvalue weighted by molar-refractivity contribution is -0.122. The Bertz CT molecular complexity index is 884. The van der Waals surface area contributed by atoms with Crippen LogP contribution in [0.15, 0.2) is 54.9 Å². The second-order valence-corrected chi connectivity index (χ2v) is 5.95. The number of hydrogen-bond donors (Lipinski definition) is 1. The predicted octanol–water partition coefficient (Wildman–Crippen LogP) is 3.98. The molecule has 1 unspecified atom stereocenters. The van der Waals surface area contributed by atoms with E-state index < -0.39 is 6.10 Å². The van der Waals surface area contributed by atoms with Gasteiger partial charge in [0, 0.05) is 0 Å². The summed E-state index contributed by atoms with van der Waals surface area (Å²) in [6.07, 6.45) is 2.47. The number of aromatic nitrogens is 3. The van der Waals surface area contributed by atoms with E-state index in [1.54, 1.807) is 48.3 Å². The van der Waals surface area contributed by atoms with E-state index in [2.05, 4.69) is 15.6 Å². The van der Waals surface area contributed by atoms with Gasteiger partial charge in [-0.3, -0.25) is 4.79 Å². The maximum absolute atomic E-state index is 12.5. The number of rotatable bonds is 5. The van der Waals surface area contributed by atoms with E-state index in [0.29, 0.717) is 22.1 Å². The number of nitrogens with one attached hydrogen (secondary N) is 1. The van der Waals surface area contributed by atoms with Crippen molar-refractivity contribution in [1.29, 1.82) is 0 Å². The van der Waals surface area contributed by atoms with Gasteiger partial charge in [-0.05, 0) is 31.2 Å². The van der Waals surface area contributed by atoms with Crippen LogP contribution in [0.1, 0.15) is 6.92 Å². The Kier molecular flexibility index (Phi) is 5.21. The number of benzene rings is 2. The molecule has 25 heavy (non-hydrogen) atoms. The average Bonchev–Trinajstić information content (AvgIpc) is 3.14. The fraction of sp³-hybridized carbons (Fsp3) is 0.118. The molecule has 1 atom stereocenters. The van der Waals surface area contributed by atoms with Crippen LogP contribution in [0, 0.1) is 0 Å². The zero-order valence-electron chi connectivity index (χ0n) is 13.2. The lowest BCUT2D eigenvalue weighted by atomic mass is 10.2. The van der Waals surface area contributed by atoms with Crippen LogP contribution in [0.4, 0.5) is 5.69 Å². The van der Waals surface area contributed by atoms with Crippen LogP contribution in [0.2, 0.25) is 10.0 Å². The minimum Gasteiger partial charge on any atom is -0.479 e. The van der Waals surface area contributed by atoms with Crippen molar-refractivity contribution in [2.75, 3.05) is 5.32 Å². The molecule has 0 fully saturated rings. The third-order valence-electron chi connectivity index (χ3n) is 3.42. The van der Waals surface area contributed by atoms with Crippen molar-refractivity contribution in [1.82, 2.24) is 15.0 Å². The summed E-state index contributed by atoms with van der Waals surface area (Å²) >= 11 is 12.0. The average molecular weight is 377 g/mol. The third kappa shape index (κ3) is 3.92. The molecule has 0 spiro atoms. The number of amides is 1. The Morgan fingerprint density at radius 1 is 1.20 bits per heavy atom. The molecular weight excluding hydrogens is 363 g/mol. The zero-order valence-corrected chi connectivity index (χ0v) is 14.7. The Hall–Kier alpha value is -2.57. The molecule has 1 amide bonds. The fourth-order valence-electron chi connectivity index (χ4n) is 2.17. The largest absolute Gasteiger partial charge is 0.479 e. The van der Waals surface area contributed by atoms with E-state index in [-0.39, 0.29) is 10.9 Å². The van der Waals surface area contributed by atoms with Crippen LogP contribution in [-0.4, -0.2) is 27.0 Å². The van der Waals surface area contributed by atoms with E-state index in [9.17, 15) is 4.79 Å². The Balaban J connectivity index is 1.75. The van der Waals surface area contributed by atoms with Crippen molar-refractivity contribution in [2.24, 2.45) is 0 Å². The van der Waals surface area contributed by atoms with Gasteiger partial charge in [0.05, 0.1) is 28.8 Å². The maximum Gasteiger partial charge on any atom is 0.265 e. The Labute approximate surface area is 154 Å². The van der Waals surface area contributed by atoms with Crippen molar-refractivity contribution in [3.05, 3.63) is 64.9 Å². The lowest BCUT2D eigenvalue weighted by Gasteiger charge is -2.17. The molecule has 128 valence electrons. The number of ether oxygens (including phenoxy) is 1. The number of carbonyl (C=O) groups is 1. The molecule has 0 aliphatic heterocycles. The highest BCUT2D eigenvalue weighted by Crippen LogP contribution is 2.32. The third-order valence-corrected chi connectivity index (χ3v) is 4.22. The summed E-state index contributed by atoms with van der Waals surface area (Å²) in [5.74, 6) is 0.0185. The molecule has 0 aliphatic carbocycles. The topological polar surface area (TPSA) is 69.0 Å². The second kappa shape index (κ2) is 7.55. The van der Waals surface area contributed by atoms with E-state index in [0.717, 1.165) is 0 Å². The molecule has 1 heterocycles. The molecule has 0 saturated heterocycles. The normalized spacial score (nSPS) is 11.8. The minimum absolute atomic E-state index is 0.270. The van der Waals surface area contributed by atoms with Gasteiger partial charge in [-0.2, -0.15) is 0 Å². The van der Waals surface area contributed by atoms with Crippen molar-refractivity contribution in [3.8, 4) is 11.4 Å². The molecule has 0 bridgehead atoms. The molecular formula is C17H14Cl2N4O2. The van der Waals surface area contributed by atoms with Gasteiger partial charge in [0.15, 0.2) is 6.10 Å². The maximum atomic E-state index is 12.5. The highest BCUT2D eigenvalue weighted by Gasteiger charge is 2.18. The number of anilines is 1. The summed E-state index contributed by atoms with van der Waals surface area (Å²) in [7, 11) is 0. The summed E-state index contributed by atoms with van der Waals surface area (Å²) < 4.78 is 7.19. The van der Waals surface area contributed by atoms with E-state index in [1.165, 1.54) is 0 Å². The lowest BCUT2D eigenvalue weighted by Crippen LogP contribution is -2.30. The molecule has 0 radical (unpaired) electrons. The first-order valence-corrected chi connectivity index (χ1v) is 8.19. The van der Waals surface area contributed by atoms with Crippen molar-refractivity contribution < 1.29 is 9.53 Å². The molecule has 8 heteroatoms. The van der Waals surface area contributed by atoms with Gasteiger partial charge in [-0.15, -0.1) is 5.10 Å². The number of carbonyl (C=O) groups excluding carboxylic acids is 1. The summed E-state index contributed by atoms with van der Waals surface area (Å²) in [5, 5.41) is 11.2. The number of hydrogen-bond acceptors (Lipinski definition) is 4. The van der Waals surface area contributed by atoms with Gasteiger partial charge in [0.1, 0.15) is 10.8 Å². The summed E-state index contributed by atoms with van der Waals surface area (Å²) in [4.78, 5) is 12.5. The summed E-state index contributed by atoms with van der Waals surface area (Å²) in [6.45, 7) is 1.63. The van der Waals surface area contributed by atoms with Crippen LogP contribution in [-0.2, 0) is 4.79 Å². The minimum atomic E-state index is -0.778. The first-order valence-electron chi connectivity index (χ1n) is 7.43. The smallest absolute Gasteiger partial charge is 0.265 e. The first-order chi connectivity index (χ1) is 12.1. The van der Waals surface area contributed by atoms with Crippen molar-refractivity contribution in [3.63, 3.8) is 0 Å². The van der Waals surface area contributed by atoms with Crippen LogP contribution in [0.3, 0.4) is 0 Å². The van der Waals surface area contributed by atoms with Gasteiger partial charge in [-0.25, -0.2) is 4.68 Å². The SMILES string of the molecule is CC(Oc1cccc(Cl)c1Cl)C(=O)Nc1ccccc1-n1ccnn1. The summed E-state index contributed by atoms with van der Waals surface area (Å²) in [6, 6.07) is 12.3. The Morgan fingerprint density at radius 3 is 2.76 bits per heavy atom.